The van der Waals surface area contributed by atoms with E-state index >= 15 is 0 Å². The normalized spacial score (nSPS) is 12.8. The van der Waals surface area contributed by atoms with Gasteiger partial charge in [0.25, 0.3) is 5.91 Å². The van der Waals surface area contributed by atoms with Crippen LogP contribution in [0.3, 0.4) is 0 Å². The number of halogens is 3. The van der Waals surface area contributed by atoms with E-state index in [9.17, 15) is 18.0 Å². The molecule has 0 bridgehead atoms. The Bertz CT molecular complexity index is 899. The van der Waals surface area contributed by atoms with Gasteiger partial charge in [-0.05, 0) is 35.4 Å². The number of carbonyl (C=O) groups is 1. The maximum absolute atomic E-state index is 12.5. The molecule has 128 valence electrons. The third-order valence-corrected chi connectivity index (χ3v) is 3.95. The number of nitrogens with zero attached hydrogens (tertiary/aromatic N) is 1. The number of alkyl halides is 3. The number of hydrogen-bond acceptors (Lipinski definition) is 2. The second kappa shape index (κ2) is 6.55. The van der Waals surface area contributed by atoms with E-state index < -0.39 is 17.8 Å². The number of rotatable bonds is 3. The number of nitrogens with one attached hydrogen (secondary N) is 1. The summed E-state index contributed by atoms with van der Waals surface area (Å²) in [4.78, 5) is 15.6. The van der Waals surface area contributed by atoms with Crippen LogP contribution in [0.25, 0.3) is 10.8 Å². The molecule has 1 aromatic heterocycles. The van der Waals surface area contributed by atoms with Crippen molar-refractivity contribution in [3.05, 3.63) is 77.6 Å². The first-order valence-electron chi connectivity index (χ1n) is 7.68. The number of aromatic nitrogens is 1. The quantitative estimate of drug-likeness (QED) is 0.745. The summed E-state index contributed by atoms with van der Waals surface area (Å²) in [5, 5.41) is 4.87. The van der Waals surface area contributed by atoms with E-state index in [2.05, 4.69) is 10.3 Å². The van der Waals surface area contributed by atoms with E-state index in [1.54, 1.807) is 0 Å². The van der Waals surface area contributed by atoms with E-state index in [1.807, 2.05) is 49.4 Å². The molecule has 0 saturated carbocycles. The number of benzene rings is 2. The average Bonchev–Trinajstić information content (AvgIpc) is 2.60. The van der Waals surface area contributed by atoms with Crippen LogP contribution in [-0.4, -0.2) is 10.9 Å². The van der Waals surface area contributed by atoms with Gasteiger partial charge in [-0.3, -0.25) is 9.78 Å². The zero-order chi connectivity index (χ0) is 18.0. The Labute approximate surface area is 142 Å². The van der Waals surface area contributed by atoms with Crippen molar-refractivity contribution < 1.29 is 18.0 Å². The molecule has 0 aliphatic rings. The molecule has 3 aromatic rings. The minimum absolute atomic E-state index is 0.0834. The molecule has 3 nitrogen and oxygen atoms in total. The zero-order valence-corrected chi connectivity index (χ0v) is 13.3. The first kappa shape index (κ1) is 17.0. The molecule has 1 amide bonds. The van der Waals surface area contributed by atoms with E-state index in [1.165, 1.54) is 0 Å². The highest BCUT2D eigenvalue weighted by molar-refractivity contribution is 5.94. The first-order chi connectivity index (χ1) is 11.9. The van der Waals surface area contributed by atoms with Gasteiger partial charge >= 0.3 is 6.18 Å². The lowest BCUT2D eigenvalue weighted by atomic mass is 9.99. The van der Waals surface area contributed by atoms with Crippen molar-refractivity contribution in [2.75, 3.05) is 0 Å². The SMILES string of the molecule is CC(NC(=O)c1ccc(C(F)(F)F)nc1)c1cccc2ccccc12. The van der Waals surface area contributed by atoms with Crippen LogP contribution in [-0.2, 0) is 6.18 Å². The lowest BCUT2D eigenvalue weighted by Gasteiger charge is -2.17. The van der Waals surface area contributed by atoms with Gasteiger partial charge < -0.3 is 5.32 Å². The van der Waals surface area contributed by atoms with Crippen LogP contribution < -0.4 is 5.32 Å². The Kier molecular flexibility index (Phi) is 4.44. The second-order valence-electron chi connectivity index (χ2n) is 5.69. The highest BCUT2D eigenvalue weighted by atomic mass is 19.4. The highest BCUT2D eigenvalue weighted by Gasteiger charge is 2.32. The summed E-state index contributed by atoms with van der Waals surface area (Å²) in [6.07, 6.45) is -3.58. The fraction of sp³-hybridized carbons (Fsp3) is 0.158. The number of fused-ring (bicyclic) bond motifs is 1. The van der Waals surface area contributed by atoms with Crippen molar-refractivity contribution in [2.24, 2.45) is 0 Å². The smallest absolute Gasteiger partial charge is 0.345 e. The predicted molar refractivity (Wildman–Crippen MR) is 89.1 cm³/mol. The minimum Gasteiger partial charge on any atom is -0.345 e. The number of carbonyl (C=O) groups excluding carboxylic acids is 1. The second-order valence-corrected chi connectivity index (χ2v) is 5.69. The summed E-state index contributed by atoms with van der Waals surface area (Å²) < 4.78 is 37.6. The highest BCUT2D eigenvalue weighted by Crippen LogP contribution is 2.27. The van der Waals surface area contributed by atoms with E-state index in [4.69, 9.17) is 0 Å². The van der Waals surface area contributed by atoms with Gasteiger partial charge in [0.2, 0.25) is 0 Å². The van der Waals surface area contributed by atoms with Gasteiger partial charge in [0.1, 0.15) is 5.69 Å². The molecule has 1 N–H and O–H groups in total. The van der Waals surface area contributed by atoms with Gasteiger partial charge in [-0.15, -0.1) is 0 Å². The monoisotopic (exact) mass is 344 g/mol. The Hall–Kier alpha value is -2.89. The van der Waals surface area contributed by atoms with Crippen LogP contribution in [0.5, 0.6) is 0 Å². The maximum atomic E-state index is 12.5. The van der Waals surface area contributed by atoms with Crippen LogP contribution in [0.15, 0.2) is 60.8 Å². The topological polar surface area (TPSA) is 42.0 Å². The average molecular weight is 344 g/mol. The molecule has 0 saturated heterocycles. The van der Waals surface area contributed by atoms with Crippen LogP contribution in [0.1, 0.15) is 34.6 Å². The van der Waals surface area contributed by atoms with E-state index in [0.717, 1.165) is 34.7 Å². The molecule has 6 heteroatoms. The Morgan fingerprint density at radius 2 is 1.76 bits per heavy atom. The standard InChI is InChI=1S/C19H15F3N2O/c1-12(15-8-4-6-13-5-2-3-7-16(13)15)24-18(25)14-9-10-17(23-11-14)19(20,21)22/h2-12H,1H3,(H,24,25). The Balaban J connectivity index is 1.80. The van der Waals surface area contributed by atoms with Crippen molar-refractivity contribution in [1.82, 2.24) is 10.3 Å². The maximum Gasteiger partial charge on any atom is 0.433 e. The van der Waals surface area contributed by atoms with Gasteiger partial charge in [0.05, 0.1) is 11.6 Å². The molecule has 0 aliphatic heterocycles. The summed E-state index contributed by atoms with van der Waals surface area (Å²) in [6, 6.07) is 15.2. The van der Waals surface area contributed by atoms with Gasteiger partial charge in [-0.2, -0.15) is 13.2 Å². The molecule has 0 radical (unpaired) electrons. The summed E-state index contributed by atoms with van der Waals surface area (Å²) in [5.41, 5.74) is -0.00226. The molecular formula is C19H15F3N2O. The Morgan fingerprint density at radius 3 is 2.44 bits per heavy atom. The molecule has 0 spiro atoms. The molecular weight excluding hydrogens is 329 g/mol. The van der Waals surface area contributed by atoms with Crippen molar-refractivity contribution in [2.45, 2.75) is 19.1 Å². The van der Waals surface area contributed by atoms with Gasteiger partial charge in [-0.1, -0.05) is 42.5 Å². The van der Waals surface area contributed by atoms with E-state index in [-0.39, 0.29) is 11.6 Å². The number of pyridine rings is 1. The van der Waals surface area contributed by atoms with Gasteiger partial charge in [-0.25, -0.2) is 0 Å². The van der Waals surface area contributed by atoms with Crippen molar-refractivity contribution in [3.8, 4) is 0 Å². The predicted octanol–water partition coefficient (Wildman–Crippen LogP) is 4.74. The lowest BCUT2D eigenvalue weighted by molar-refractivity contribution is -0.141. The van der Waals surface area contributed by atoms with E-state index in [0.29, 0.717) is 0 Å². The van der Waals surface area contributed by atoms with Crippen LogP contribution in [0, 0.1) is 0 Å². The third-order valence-electron chi connectivity index (χ3n) is 3.95. The van der Waals surface area contributed by atoms with Gasteiger partial charge in [0, 0.05) is 6.20 Å². The number of hydrogen-bond donors (Lipinski definition) is 1. The molecule has 3 rings (SSSR count). The van der Waals surface area contributed by atoms with Crippen molar-refractivity contribution in [1.29, 1.82) is 0 Å². The third kappa shape index (κ3) is 3.63. The first-order valence-corrected chi connectivity index (χ1v) is 7.68. The summed E-state index contributed by atoms with van der Waals surface area (Å²) in [5.74, 6) is -0.471. The summed E-state index contributed by atoms with van der Waals surface area (Å²) in [6.45, 7) is 1.83. The zero-order valence-electron chi connectivity index (χ0n) is 13.3. The van der Waals surface area contributed by atoms with Crippen LogP contribution in [0.4, 0.5) is 13.2 Å². The molecule has 1 heterocycles. The molecule has 25 heavy (non-hydrogen) atoms. The molecule has 0 fully saturated rings. The van der Waals surface area contributed by atoms with Crippen LogP contribution in [0.2, 0.25) is 0 Å². The fourth-order valence-corrected chi connectivity index (χ4v) is 2.68. The van der Waals surface area contributed by atoms with Crippen molar-refractivity contribution in [3.63, 3.8) is 0 Å². The molecule has 1 atom stereocenters. The number of amides is 1. The summed E-state index contributed by atoms with van der Waals surface area (Å²) in [7, 11) is 0. The largest absolute Gasteiger partial charge is 0.433 e. The lowest BCUT2D eigenvalue weighted by Crippen LogP contribution is -2.27. The Morgan fingerprint density at radius 1 is 1.04 bits per heavy atom. The molecule has 2 aromatic carbocycles. The molecule has 0 aliphatic carbocycles. The minimum atomic E-state index is -4.52. The van der Waals surface area contributed by atoms with Crippen LogP contribution >= 0.6 is 0 Å². The molecule has 1 unspecified atom stereocenters. The van der Waals surface area contributed by atoms with Gasteiger partial charge in [0.15, 0.2) is 0 Å². The summed E-state index contributed by atoms with van der Waals surface area (Å²) >= 11 is 0. The van der Waals surface area contributed by atoms with Crippen molar-refractivity contribution >= 4 is 16.7 Å². The fourth-order valence-electron chi connectivity index (χ4n) is 2.68.